The first-order valence-corrected chi connectivity index (χ1v) is 5.50. The van der Waals surface area contributed by atoms with E-state index in [1.54, 1.807) is 0 Å². The lowest BCUT2D eigenvalue weighted by Crippen LogP contribution is -2.37. The average Bonchev–Trinajstić information content (AvgIpc) is 2.73. The SMILES string of the molecule is Cc1cc(C2C[C@H]3CC[C@@H](C2)N3)on1. The van der Waals surface area contributed by atoms with Crippen molar-refractivity contribution in [3.8, 4) is 0 Å². The molecule has 3 atom stereocenters. The molecular weight excluding hydrogens is 176 g/mol. The van der Waals surface area contributed by atoms with E-state index in [1.807, 2.05) is 6.92 Å². The van der Waals surface area contributed by atoms with Gasteiger partial charge in [-0.2, -0.15) is 0 Å². The molecule has 2 bridgehead atoms. The number of hydrogen-bond donors (Lipinski definition) is 1. The van der Waals surface area contributed by atoms with Gasteiger partial charge in [0.05, 0.1) is 5.69 Å². The van der Waals surface area contributed by atoms with Crippen LogP contribution < -0.4 is 5.32 Å². The molecule has 76 valence electrons. The van der Waals surface area contributed by atoms with Crippen molar-refractivity contribution in [2.75, 3.05) is 0 Å². The Bertz CT molecular complexity index is 322. The minimum Gasteiger partial charge on any atom is -0.361 e. The molecule has 3 nitrogen and oxygen atoms in total. The Labute approximate surface area is 83.9 Å². The van der Waals surface area contributed by atoms with Gasteiger partial charge >= 0.3 is 0 Å². The number of rotatable bonds is 1. The molecule has 2 saturated heterocycles. The van der Waals surface area contributed by atoms with Gasteiger partial charge in [0.15, 0.2) is 0 Å². The molecular formula is C11H16N2O. The molecule has 2 fully saturated rings. The number of nitrogens with one attached hydrogen (secondary N) is 1. The first-order chi connectivity index (χ1) is 6.81. The fourth-order valence-electron chi connectivity index (χ4n) is 2.87. The Morgan fingerprint density at radius 1 is 1.36 bits per heavy atom. The van der Waals surface area contributed by atoms with Gasteiger partial charge in [0.2, 0.25) is 0 Å². The summed E-state index contributed by atoms with van der Waals surface area (Å²) >= 11 is 0. The number of nitrogens with zero attached hydrogens (tertiary/aromatic N) is 1. The Kier molecular flexibility index (Phi) is 1.87. The molecule has 0 radical (unpaired) electrons. The fraction of sp³-hybridized carbons (Fsp3) is 0.727. The second-order valence-corrected chi connectivity index (χ2v) is 4.68. The van der Waals surface area contributed by atoms with Crippen LogP contribution in [-0.2, 0) is 0 Å². The van der Waals surface area contributed by atoms with Crippen molar-refractivity contribution in [3.05, 3.63) is 17.5 Å². The highest BCUT2D eigenvalue weighted by Gasteiger charge is 2.35. The molecule has 1 aromatic heterocycles. The van der Waals surface area contributed by atoms with Crippen molar-refractivity contribution in [2.24, 2.45) is 0 Å². The van der Waals surface area contributed by atoms with Crippen LogP contribution >= 0.6 is 0 Å². The predicted octanol–water partition coefficient (Wildman–Crippen LogP) is 1.98. The standard InChI is InChI=1S/C11H16N2O/c1-7-4-11(14-13-7)8-5-9-2-3-10(6-8)12-9/h4,8-10,12H,2-3,5-6H2,1H3/t8?,9-,10+. The molecule has 3 rings (SSSR count). The summed E-state index contributed by atoms with van der Waals surface area (Å²) in [5.41, 5.74) is 1.01. The van der Waals surface area contributed by atoms with Crippen molar-refractivity contribution in [3.63, 3.8) is 0 Å². The van der Waals surface area contributed by atoms with Crippen molar-refractivity contribution < 1.29 is 4.52 Å². The van der Waals surface area contributed by atoms with E-state index < -0.39 is 0 Å². The van der Waals surface area contributed by atoms with Crippen molar-refractivity contribution in [2.45, 2.75) is 50.6 Å². The number of piperidine rings is 1. The Morgan fingerprint density at radius 2 is 2.07 bits per heavy atom. The van der Waals surface area contributed by atoms with E-state index in [-0.39, 0.29) is 0 Å². The van der Waals surface area contributed by atoms with Gasteiger partial charge in [-0.1, -0.05) is 5.16 Å². The lowest BCUT2D eigenvalue weighted by Gasteiger charge is -2.27. The smallest absolute Gasteiger partial charge is 0.140 e. The van der Waals surface area contributed by atoms with Crippen LogP contribution in [-0.4, -0.2) is 17.2 Å². The Hall–Kier alpha value is -0.830. The monoisotopic (exact) mass is 192 g/mol. The molecule has 3 heteroatoms. The summed E-state index contributed by atoms with van der Waals surface area (Å²) in [6, 6.07) is 3.54. The summed E-state index contributed by atoms with van der Waals surface area (Å²) in [5.74, 6) is 1.70. The van der Waals surface area contributed by atoms with Gasteiger partial charge < -0.3 is 9.84 Å². The number of aryl methyl sites for hydroxylation is 1. The van der Waals surface area contributed by atoms with Crippen LogP contribution in [0, 0.1) is 6.92 Å². The van der Waals surface area contributed by atoms with Crippen LogP contribution in [0.5, 0.6) is 0 Å². The van der Waals surface area contributed by atoms with Crippen LogP contribution in [0.25, 0.3) is 0 Å². The predicted molar refractivity (Wildman–Crippen MR) is 53.2 cm³/mol. The summed E-state index contributed by atoms with van der Waals surface area (Å²) in [6.07, 6.45) is 5.14. The normalized spacial score (nSPS) is 36.2. The third-order valence-corrected chi connectivity index (χ3v) is 3.52. The second kappa shape index (κ2) is 3.09. The molecule has 0 spiro atoms. The van der Waals surface area contributed by atoms with E-state index in [1.165, 1.54) is 25.7 Å². The zero-order valence-electron chi connectivity index (χ0n) is 8.49. The van der Waals surface area contributed by atoms with Gasteiger partial charge in [0, 0.05) is 24.1 Å². The lowest BCUT2D eigenvalue weighted by atomic mass is 9.90. The zero-order chi connectivity index (χ0) is 9.54. The largest absolute Gasteiger partial charge is 0.361 e. The number of hydrogen-bond acceptors (Lipinski definition) is 3. The minimum absolute atomic E-state index is 0.606. The van der Waals surface area contributed by atoms with Crippen LogP contribution in [0.2, 0.25) is 0 Å². The van der Waals surface area contributed by atoms with Gasteiger partial charge in [-0.25, -0.2) is 0 Å². The average molecular weight is 192 g/mol. The van der Waals surface area contributed by atoms with Crippen molar-refractivity contribution in [1.29, 1.82) is 0 Å². The molecule has 1 aromatic rings. The molecule has 1 unspecified atom stereocenters. The molecule has 0 saturated carbocycles. The van der Waals surface area contributed by atoms with E-state index in [0.717, 1.165) is 23.5 Å². The Morgan fingerprint density at radius 3 is 2.64 bits per heavy atom. The molecule has 0 aromatic carbocycles. The molecule has 2 aliphatic heterocycles. The summed E-state index contributed by atoms with van der Waals surface area (Å²) < 4.78 is 5.35. The summed E-state index contributed by atoms with van der Waals surface area (Å²) in [7, 11) is 0. The number of aromatic nitrogens is 1. The maximum absolute atomic E-state index is 5.35. The molecule has 0 aliphatic carbocycles. The summed E-state index contributed by atoms with van der Waals surface area (Å²) in [6.45, 7) is 1.99. The van der Waals surface area contributed by atoms with Gasteiger partial charge in [-0.15, -0.1) is 0 Å². The minimum atomic E-state index is 0.606. The summed E-state index contributed by atoms with van der Waals surface area (Å²) in [5, 5.41) is 7.60. The lowest BCUT2D eigenvalue weighted by molar-refractivity contribution is 0.292. The Balaban J connectivity index is 1.80. The molecule has 14 heavy (non-hydrogen) atoms. The van der Waals surface area contributed by atoms with Crippen LogP contribution in [0.4, 0.5) is 0 Å². The number of fused-ring (bicyclic) bond motifs is 2. The maximum Gasteiger partial charge on any atom is 0.140 e. The zero-order valence-corrected chi connectivity index (χ0v) is 8.49. The highest BCUT2D eigenvalue weighted by atomic mass is 16.5. The van der Waals surface area contributed by atoms with Crippen LogP contribution in [0.1, 0.15) is 43.1 Å². The maximum atomic E-state index is 5.35. The molecule has 0 amide bonds. The third kappa shape index (κ3) is 1.36. The van der Waals surface area contributed by atoms with E-state index in [0.29, 0.717) is 5.92 Å². The first-order valence-electron chi connectivity index (χ1n) is 5.50. The summed E-state index contributed by atoms with van der Waals surface area (Å²) in [4.78, 5) is 0. The van der Waals surface area contributed by atoms with Crippen LogP contribution in [0.15, 0.2) is 10.6 Å². The highest BCUT2D eigenvalue weighted by molar-refractivity contribution is 5.12. The van der Waals surface area contributed by atoms with Crippen molar-refractivity contribution >= 4 is 0 Å². The molecule has 2 aliphatic rings. The quantitative estimate of drug-likeness (QED) is 0.739. The van der Waals surface area contributed by atoms with Crippen molar-refractivity contribution in [1.82, 2.24) is 10.5 Å². The molecule has 3 heterocycles. The van der Waals surface area contributed by atoms with Crippen LogP contribution in [0.3, 0.4) is 0 Å². The first kappa shape index (κ1) is 8.48. The highest BCUT2D eigenvalue weighted by Crippen LogP contribution is 2.37. The van der Waals surface area contributed by atoms with E-state index in [2.05, 4.69) is 16.5 Å². The molecule has 1 N–H and O–H groups in total. The van der Waals surface area contributed by atoms with Gasteiger partial charge in [0.25, 0.3) is 0 Å². The topological polar surface area (TPSA) is 38.1 Å². The van der Waals surface area contributed by atoms with E-state index >= 15 is 0 Å². The second-order valence-electron chi connectivity index (χ2n) is 4.68. The fourth-order valence-corrected chi connectivity index (χ4v) is 2.87. The van der Waals surface area contributed by atoms with Gasteiger partial charge in [-0.3, -0.25) is 0 Å². The third-order valence-electron chi connectivity index (χ3n) is 3.52. The van der Waals surface area contributed by atoms with Gasteiger partial charge in [0.1, 0.15) is 5.76 Å². The van der Waals surface area contributed by atoms with Gasteiger partial charge in [-0.05, 0) is 32.6 Å². The van der Waals surface area contributed by atoms with E-state index in [9.17, 15) is 0 Å². The van der Waals surface area contributed by atoms with E-state index in [4.69, 9.17) is 4.52 Å².